The molecular formula is C14H29N3O3. The third kappa shape index (κ3) is 7.33. The molecule has 0 spiro atoms. The van der Waals surface area contributed by atoms with Crippen LogP contribution >= 0.6 is 0 Å². The van der Waals surface area contributed by atoms with Gasteiger partial charge in [0.2, 0.25) is 0 Å². The number of hydrogen-bond acceptors (Lipinski definition) is 3. The summed E-state index contributed by atoms with van der Waals surface area (Å²) in [5, 5.41) is 14.3. The predicted molar refractivity (Wildman–Crippen MR) is 79.8 cm³/mol. The minimum Gasteiger partial charge on any atom is -0.480 e. The van der Waals surface area contributed by atoms with E-state index in [1.54, 1.807) is 20.8 Å². The third-order valence-corrected chi connectivity index (χ3v) is 3.24. The summed E-state index contributed by atoms with van der Waals surface area (Å²) in [5.41, 5.74) is -0.527. The van der Waals surface area contributed by atoms with Crippen molar-refractivity contribution in [2.24, 2.45) is 5.41 Å². The van der Waals surface area contributed by atoms with E-state index in [4.69, 9.17) is 5.11 Å². The second-order valence-electron chi connectivity index (χ2n) is 6.47. The fraction of sp³-hybridized carbons (Fsp3) is 0.857. The molecule has 2 amide bonds. The Labute approximate surface area is 121 Å². The van der Waals surface area contributed by atoms with Crippen molar-refractivity contribution in [3.8, 4) is 0 Å². The normalized spacial score (nSPS) is 13.4. The highest BCUT2D eigenvalue weighted by molar-refractivity contribution is 5.83. The number of nitrogens with zero attached hydrogens (tertiary/aromatic N) is 1. The molecule has 0 aliphatic carbocycles. The zero-order valence-corrected chi connectivity index (χ0v) is 13.5. The van der Waals surface area contributed by atoms with Gasteiger partial charge in [-0.3, -0.25) is 0 Å². The molecule has 1 atom stereocenters. The van der Waals surface area contributed by atoms with Gasteiger partial charge in [-0.05, 0) is 39.3 Å². The maximum Gasteiger partial charge on any atom is 0.326 e. The molecule has 0 saturated heterocycles. The SMILES string of the molecule is CC(C)N(C)CCCNC(=O)N[C@@H](C(=O)O)C(C)(C)C. The Balaban J connectivity index is 4.08. The quantitative estimate of drug-likeness (QED) is 0.620. The fourth-order valence-electron chi connectivity index (χ4n) is 1.62. The highest BCUT2D eigenvalue weighted by Crippen LogP contribution is 2.19. The average molecular weight is 287 g/mol. The number of carboxylic acids is 1. The molecule has 0 aromatic rings. The third-order valence-electron chi connectivity index (χ3n) is 3.24. The van der Waals surface area contributed by atoms with Gasteiger partial charge in [0.25, 0.3) is 0 Å². The standard InChI is InChI=1S/C14H29N3O3/c1-10(2)17(6)9-7-8-15-13(20)16-11(12(18)19)14(3,4)5/h10-11H,7-9H2,1-6H3,(H,18,19)(H2,15,16,20)/t11-/m0/s1. The average Bonchev–Trinajstić information content (AvgIpc) is 2.29. The largest absolute Gasteiger partial charge is 0.480 e. The van der Waals surface area contributed by atoms with Crippen molar-refractivity contribution in [2.75, 3.05) is 20.1 Å². The maximum absolute atomic E-state index is 11.7. The van der Waals surface area contributed by atoms with Crippen molar-refractivity contribution >= 4 is 12.0 Å². The van der Waals surface area contributed by atoms with E-state index < -0.39 is 23.5 Å². The van der Waals surface area contributed by atoms with Gasteiger partial charge in [-0.1, -0.05) is 20.8 Å². The van der Waals surface area contributed by atoms with E-state index in [0.29, 0.717) is 12.6 Å². The van der Waals surface area contributed by atoms with Gasteiger partial charge < -0.3 is 20.6 Å². The topological polar surface area (TPSA) is 81.7 Å². The second-order valence-corrected chi connectivity index (χ2v) is 6.47. The van der Waals surface area contributed by atoms with Crippen molar-refractivity contribution in [2.45, 2.75) is 53.1 Å². The van der Waals surface area contributed by atoms with E-state index in [-0.39, 0.29) is 0 Å². The van der Waals surface area contributed by atoms with Crippen molar-refractivity contribution in [1.29, 1.82) is 0 Å². The summed E-state index contributed by atoms with van der Waals surface area (Å²) >= 11 is 0. The van der Waals surface area contributed by atoms with E-state index in [1.165, 1.54) is 0 Å². The van der Waals surface area contributed by atoms with Crippen molar-refractivity contribution in [1.82, 2.24) is 15.5 Å². The molecule has 118 valence electrons. The molecule has 0 saturated carbocycles. The van der Waals surface area contributed by atoms with Crippen LogP contribution in [0.4, 0.5) is 4.79 Å². The van der Waals surface area contributed by atoms with E-state index in [1.807, 2.05) is 7.05 Å². The van der Waals surface area contributed by atoms with Crippen LogP contribution in [0.1, 0.15) is 41.0 Å². The zero-order chi connectivity index (χ0) is 15.9. The van der Waals surface area contributed by atoms with Crippen molar-refractivity contribution in [3.05, 3.63) is 0 Å². The Morgan fingerprint density at radius 2 is 1.80 bits per heavy atom. The number of rotatable bonds is 7. The smallest absolute Gasteiger partial charge is 0.326 e. The Morgan fingerprint density at radius 3 is 2.20 bits per heavy atom. The van der Waals surface area contributed by atoms with Crippen LogP contribution in [0.3, 0.4) is 0 Å². The van der Waals surface area contributed by atoms with Crippen LogP contribution in [0.15, 0.2) is 0 Å². The molecule has 0 radical (unpaired) electrons. The Hall–Kier alpha value is -1.30. The van der Waals surface area contributed by atoms with E-state index >= 15 is 0 Å². The van der Waals surface area contributed by atoms with Gasteiger partial charge in [0.05, 0.1) is 0 Å². The van der Waals surface area contributed by atoms with Crippen LogP contribution in [0.5, 0.6) is 0 Å². The molecule has 0 bridgehead atoms. The number of carbonyl (C=O) groups is 2. The van der Waals surface area contributed by atoms with E-state index in [2.05, 4.69) is 29.4 Å². The lowest BCUT2D eigenvalue weighted by atomic mass is 9.87. The Kier molecular flexibility index (Phi) is 7.57. The summed E-state index contributed by atoms with van der Waals surface area (Å²) in [7, 11) is 2.03. The number of amides is 2. The molecule has 0 aliphatic heterocycles. The second kappa shape index (κ2) is 8.09. The molecule has 0 fully saturated rings. The van der Waals surface area contributed by atoms with Crippen molar-refractivity contribution in [3.63, 3.8) is 0 Å². The highest BCUT2D eigenvalue weighted by atomic mass is 16.4. The number of nitrogens with one attached hydrogen (secondary N) is 2. The maximum atomic E-state index is 11.7. The molecule has 6 heteroatoms. The van der Waals surface area contributed by atoms with Crippen LogP contribution in [-0.2, 0) is 4.79 Å². The number of carbonyl (C=O) groups excluding carboxylic acids is 1. The minimum atomic E-state index is -1.02. The van der Waals surface area contributed by atoms with Gasteiger partial charge in [0, 0.05) is 12.6 Å². The lowest BCUT2D eigenvalue weighted by Gasteiger charge is -2.27. The van der Waals surface area contributed by atoms with Crippen molar-refractivity contribution < 1.29 is 14.7 Å². The molecule has 6 nitrogen and oxygen atoms in total. The van der Waals surface area contributed by atoms with Crippen LogP contribution in [0.2, 0.25) is 0 Å². The first-order chi connectivity index (χ1) is 9.05. The van der Waals surface area contributed by atoms with Gasteiger partial charge in [0.1, 0.15) is 6.04 Å². The first kappa shape index (κ1) is 18.7. The van der Waals surface area contributed by atoms with Gasteiger partial charge in [0.15, 0.2) is 0 Å². The van der Waals surface area contributed by atoms with Gasteiger partial charge >= 0.3 is 12.0 Å². The van der Waals surface area contributed by atoms with E-state index in [0.717, 1.165) is 13.0 Å². The van der Waals surface area contributed by atoms with Gasteiger partial charge in [-0.2, -0.15) is 0 Å². The molecule has 0 aromatic carbocycles. The molecule has 0 rings (SSSR count). The monoisotopic (exact) mass is 287 g/mol. The summed E-state index contributed by atoms with van der Waals surface area (Å²) in [4.78, 5) is 25.0. The number of hydrogen-bond donors (Lipinski definition) is 3. The lowest BCUT2D eigenvalue weighted by molar-refractivity contribution is -0.141. The molecule has 0 aliphatic rings. The Morgan fingerprint density at radius 1 is 1.25 bits per heavy atom. The molecule has 20 heavy (non-hydrogen) atoms. The predicted octanol–water partition coefficient (Wildman–Crippen LogP) is 1.52. The fourth-order valence-corrected chi connectivity index (χ4v) is 1.62. The highest BCUT2D eigenvalue weighted by Gasteiger charge is 2.32. The van der Waals surface area contributed by atoms with Gasteiger partial charge in [-0.15, -0.1) is 0 Å². The van der Waals surface area contributed by atoms with Crippen LogP contribution in [0, 0.1) is 5.41 Å². The molecule has 0 unspecified atom stereocenters. The van der Waals surface area contributed by atoms with Crippen LogP contribution in [0.25, 0.3) is 0 Å². The minimum absolute atomic E-state index is 0.431. The first-order valence-electron chi connectivity index (χ1n) is 7.03. The molecule has 3 N–H and O–H groups in total. The number of aliphatic carboxylic acids is 1. The molecular weight excluding hydrogens is 258 g/mol. The molecule has 0 aromatic heterocycles. The number of urea groups is 1. The summed E-state index contributed by atoms with van der Waals surface area (Å²) in [6.45, 7) is 11.0. The number of carboxylic acid groups (broad SMARTS) is 1. The van der Waals surface area contributed by atoms with E-state index in [9.17, 15) is 9.59 Å². The summed E-state index contributed by atoms with van der Waals surface area (Å²) < 4.78 is 0. The first-order valence-corrected chi connectivity index (χ1v) is 7.03. The molecule has 0 heterocycles. The summed E-state index contributed by atoms with van der Waals surface area (Å²) in [5.74, 6) is -1.02. The van der Waals surface area contributed by atoms with Crippen LogP contribution < -0.4 is 10.6 Å². The zero-order valence-electron chi connectivity index (χ0n) is 13.5. The summed E-state index contributed by atoms with van der Waals surface area (Å²) in [6, 6.07) is -0.860. The van der Waals surface area contributed by atoms with Crippen LogP contribution in [-0.4, -0.2) is 54.2 Å². The Bertz CT molecular complexity index is 324. The lowest BCUT2D eigenvalue weighted by Crippen LogP contribution is -2.52. The summed E-state index contributed by atoms with van der Waals surface area (Å²) in [6.07, 6.45) is 0.829. The van der Waals surface area contributed by atoms with Gasteiger partial charge in [-0.25, -0.2) is 9.59 Å².